The van der Waals surface area contributed by atoms with E-state index in [0.717, 1.165) is 6.92 Å². The summed E-state index contributed by atoms with van der Waals surface area (Å²) in [5.41, 5.74) is 0.214. The normalized spacial score (nSPS) is 9.38. The van der Waals surface area contributed by atoms with Crippen LogP contribution in [-0.4, -0.2) is 17.9 Å². The standard InChI is InChI=1S/C11H10O5/c1-7(12)15-10-5-3-9(4-6-10)11(14)16-8(2)13/h3-6H,1-2H3. The van der Waals surface area contributed by atoms with Gasteiger partial charge in [-0.3, -0.25) is 9.59 Å². The highest BCUT2D eigenvalue weighted by Gasteiger charge is 2.09. The van der Waals surface area contributed by atoms with Crippen LogP contribution >= 0.6 is 0 Å². The molecule has 0 unspecified atom stereocenters. The fraction of sp³-hybridized carbons (Fsp3) is 0.182. The minimum Gasteiger partial charge on any atom is -0.427 e. The molecule has 0 aliphatic rings. The van der Waals surface area contributed by atoms with Crippen LogP contribution in [0.1, 0.15) is 24.2 Å². The van der Waals surface area contributed by atoms with E-state index >= 15 is 0 Å². The maximum absolute atomic E-state index is 11.2. The van der Waals surface area contributed by atoms with Crippen molar-refractivity contribution in [3.63, 3.8) is 0 Å². The Morgan fingerprint density at radius 1 is 0.938 bits per heavy atom. The molecule has 0 saturated heterocycles. The van der Waals surface area contributed by atoms with Crippen molar-refractivity contribution in [2.24, 2.45) is 0 Å². The predicted molar refractivity (Wildman–Crippen MR) is 53.8 cm³/mol. The van der Waals surface area contributed by atoms with E-state index in [9.17, 15) is 14.4 Å². The molecule has 0 aromatic heterocycles. The lowest BCUT2D eigenvalue weighted by molar-refractivity contribution is -0.135. The lowest BCUT2D eigenvalue weighted by Crippen LogP contribution is -2.09. The Morgan fingerprint density at radius 3 is 1.94 bits per heavy atom. The molecule has 0 bridgehead atoms. The highest BCUT2D eigenvalue weighted by atomic mass is 16.6. The smallest absolute Gasteiger partial charge is 0.345 e. The van der Waals surface area contributed by atoms with Gasteiger partial charge >= 0.3 is 17.9 Å². The summed E-state index contributed by atoms with van der Waals surface area (Å²) in [4.78, 5) is 32.4. The van der Waals surface area contributed by atoms with Gasteiger partial charge in [0.2, 0.25) is 0 Å². The second-order valence-corrected chi connectivity index (χ2v) is 3.00. The molecule has 5 heteroatoms. The molecule has 1 rings (SSSR count). The summed E-state index contributed by atoms with van der Waals surface area (Å²) in [6, 6.07) is 5.70. The van der Waals surface area contributed by atoms with Crippen LogP contribution < -0.4 is 4.74 Å². The van der Waals surface area contributed by atoms with Crippen molar-refractivity contribution >= 4 is 17.9 Å². The van der Waals surface area contributed by atoms with Crippen LogP contribution in [0.4, 0.5) is 0 Å². The van der Waals surface area contributed by atoms with E-state index in [2.05, 4.69) is 4.74 Å². The molecule has 0 amide bonds. The van der Waals surface area contributed by atoms with Gasteiger partial charge in [-0.1, -0.05) is 0 Å². The van der Waals surface area contributed by atoms with Crippen LogP contribution in [0, 0.1) is 0 Å². The molecule has 0 radical (unpaired) electrons. The zero-order valence-electron chi connectivity index (χ0n) is 8.85. The Morgan fingerprint density at radius 2 is 1.50 bits per heavy atom. The van der Waals surface area contributed by atoms with E-state index in [1.807, 2.05) is 0 Å². The minimum absolute atomic E-state index is 0.214. The van der Waals surface area contributed by atoms with Gasteiger partial charge in [-0.2, -0.15) is 0 Å². The molecule has 1 aromatic carbocycles. The van der Waals surface area contributed by atoms with Gasteiger partial charge in [0.15, 0.2) is 0 Å². The van der Waals surface area contributed by atoms with Crippen LogP contribution in [-0.2, 0) is 14.3 Å². The molecule has 0 atom stereocenters. The first-order chi connectivity index (χ1) is 7.49. The molecular weight excluding hydrogens is 212 g/mol. The van der Waals surface area contributed by atoms with Crippen molar-refractivity contribution in [3.05, 3.63) is 29.8 Å². The summed E-state index contributed by atoms with van der Waals surface area (Å²) in [5, 5.41) is 0. The first kappa shape index (κ1) is 11.9. The topological polar surface area (TPSA) is 69.7 Å². The number of rotatable bonds is 2. The summed E-state index contributed by atoms with van der Waals surface area (Å²) in [6.07, 6.45) is 0. The third kappa shape index (κ3) is 3.53. The lowest BCUT2D eigenvalue weighted by Gasteiger charge is -2.02. The van der Waals surface area contributed by atoms with Crippen LogP contribution in [0.5, 0.6) is 5.75 Å². The number of esters is 3. The first-order valence-electron chi connectivity index (χ1n) is 4.50. The number of carbonyl (C=O) groups excluding carboxylic acids is 3. The van der Waals surface area contributed by atoms with Crippen LogP contribution in [0.15, 0.2) is 24.3 Å². The molecule has 0 aliphatic heterocycles. The van der Waals surface area contributed by atoms with E-state index in [1.165, 1.54) is 31.2 Å². The predicted octanol–water partition coefficient (Wildman–Crippen LogP) is 1.32. The monoisotopic (exact) mass is 222 g/mol. The second-order valence-electron chi connectivity index (χ2n) is 3.00. The average Bonchev–Trinajstić information content (AvgIpc) is 2.16. The van der Waals surface area contributed by atoms with Gasteiger partial charge in [-0.15, -0.1) is 0 Å². The van der Waals surface area contributed by atoms with Crippen molar-refractivity contribution in [1.82, 2.24) is 0 Å². The third-order valence-corrected chi connectivity index (χ3v) is 1.59. The quantitative estimate of drug-likeness (QED) is 0.428. The van der Waals surface area contributed by atoms with Gasteiger partial charge in [0.1, 0.15) is 5.75 Å². The molecule has 0 aliphatic carbocycles. The first-order valence-corrected chi connectivity index (χ1v) is 4.50. The Bertz CT molecular complexity index is 419. The molecule has 0 saturated carbocycles. The fourth-order valence-electron chi connectivity index (χ4n) is 1.01. The molecular formula is C11H10O5. The Balaban J connectivity index is 2.74. The zero-order chi connectivity index (χ0) is 12.1. The summed E-state index contributed by atoms with van der Waals surface area (Å²) >= 11 is 0. The van der Waals surface area contributed by atoms with Gasteiger partial charge in [0.05, 0.1) is 5.56 Å². The highest BCUT2D eigenvalue weighted by molar-refractivity contribution is 5.96. The fourth-order valence-corrected chi connectivity index (χ4v) is 1.01. The molecule has 84 valence electrons. The molecule has 1 aromatic rings. The summed E-state index contributed by atoms with van der Waals surface area (Å²) in [7, 11) is 0. The summed E-state index contributed by atoms with van der Waals surface area (Å²) in [6.45, 7) is 2.42. The number of benzene rings is 1. The molecule has 0 N–H and O–H groups in total. The number of ether oxygens (including phenoxy) is 2. The van der Waals surface area contributed by atoms with E-state index in [0.29, 0.717) is 5.75 Å². The molecule has 0 heterocycles. The van der Waals surface area contributed by atoms with Crippen LogP contribution in [0.3, 0.4) is 0 Å². The Labute approximate surface area is 92.0 Å². The molecule has 0 fully saturated rings. The van der Waals surface area contributed by atoms with Gasteiger partial charge in [-0.25, -0.2) is 4.79 Å². The molecule has 16 heavy (non-hydrogen) atoms. The summed E-state index contributed by atoms with van der Waals surface area (Å²) < 4.78 is 9.14. The Hall–Kier alpha value is -2.17. The van der Waals surface area contributed by atoms with Gasteiger partial charge in [0.25, 0.3) is 0 Å². The van der Waals surface area contributed by atoms with Crippen molar-refractivity contribution < 1.29 is 23.9 Å². The van der Waals surface area contributed by atoms with Gasteiger partial charge in [0, 0.05) is 13.8 Å². The Kier molecular flexibility index (Phi) is 3.77. The largest absolute Gasteiger partial charge is 0.427 e. The van der Waals surface area contributed by atoms with Crippen LogP contribution in [0.25, 0.3) is 0 Å². The van der Waals surface area contributed by atoms with Crippen LogP contribution in [0.2, 0.25) is 0 Å². The van der Waals surface area contributed by atoms with Gasteiger partial charge < -0.3 is 9.47 Å². The van der Waals surface area contributed by atoms with E-state index in [-0.39, 0.29) is 5.56 Å². The van der Waals surface area contributed by atoms with E-state index in [1.54, 1.807) is 0 Å². The number of carbonyl (C=O) groups is 3. The second kappa shape index (κ2) is 5.06. The number of hydrogen-bond donors (Lipinski definition) is 0. The van der Waals surface area contributed by atoms with Crippen molar-refractivity contribution in [2.45, 2.75) is 13.8 Å². The highest BCUT2D eigenvalue weighted by Crippen LogP contribution is 2.13. The zero-order valence-corrected chi connectivity index (χ0v) is 8.85. The third-order valence-electron chi connectivity index (χ3n) is 1.59. The number of hydrogen-bond acceptors (Lipinski definition) is 5. The summed E-state index contributed by atoms with van der Waals surface area (Å²) in [5.74, 6) is -1.53. The van der Waals surface area contributed by atoms with Crippen molar-refractivity contribution in [3.8, 4) is 5.75 Å². The lowest BCUT2D eigenvalue weighted by atomic mass is 10.2. The SMILES string of the molecule is CC(=O)OC(=O)c1ccc(OC(C)=O)cc1. The maximum Gasteiger partial charge on any atom is 0.345 e. The van der Waals surface area contributed by atoms with Crippen molar-refractivity contribution in [1.29, 1.82) is 0 Å². The van der Waals surface area contributed by atoms with Gasteiger partial charge in [-0.05, 0) is 24.3 Å². The average molecular weight is 222 g/mol. The van der Waals surface area contributed by atoms with E-state index in [4.69, 9.17) is 4.74 Å². The molecule has 5 nitrogen and oxygen atoms in total. The molecule has 0 spiro atoms. The van der Waals surface area contributed by atoms with E-state index < -0.39 is 17.9 Å². The maximum atomic E-state index is 11.2. The van der Waals surface area contributed by atoms with Crippen molar-refractivity contribution in [2.75, 3.05) is 0 Å². The minimum atomic E-state index is -0.734.